The van der Waals surface area contributed by atoms with E-state index in [1.54, 1.807) is 6.92 Å². The molecule has 4 heterocycles. The van der Waals surface area contributed by atoms with Crippen LogP contribution in [-0.4, -0.2) is 229 Å². The molecule has 4 aliphatic heterocycles. The Morgan fingerprint density at radius 2 is 0.944 bits per heavy atom. The molecule has 10 unspecified atom stereocenters. The van der Waals surface area contributed by atoms with E-state index in [0.717, 1.165) is 51.4 Å². The Morgan fingerprint density at radius 1 is 0.528 bits per heavy atom. The molecule has 0 aliphatic carbocycles. The summed E-state index contributed by atoms with van der Waals surface area (Å²) in [5.41, 5.74) is -0.881. The van der Waals surface area contributed by atoms with Crippen molar-refractivity contribution in [3.63, 3.8) is 0 Å². The van der Waals surface area contributed by atoms with Gasteiger partial charge in [0.05, 0.1) is 95.0 Å². The molecular weight excluding hydrogens is 955 g/mol. The predicted molar refractivity (Wildman–Crippen MR) is 252 cm³/mol. The Morgan fingerprint density at radius 3 is 1.33 bits per heavy atom. The Balaban J connectivity index is 0.952. The van der Waals surface area contributed by atoms with Crippen LogP contribution in [0.3, 0.4) is 0 Å². The van der Waals surface area contributed by atoms with Gasteiger partial charge in [0, 0.05) is 84.6 Å². The Labute approximate surface area is 422 Å². The summed E-state index contributed by atoms with van der Waals surface area (Å²) in [5, 5.41) is 88.8. The average molecular weight is 1040 g/mol. The zero-order chi connectivity index (χ0) is 52.3. The number of aliphatic hydroxyl groups is 8. The summed E-state index contributed by atoms with van der Waals surface area (Å²) < 4.78 is 57.7. The maximum atomic E-state index is 12.4. The van der Waals surface area contributed by atoms with Crippen molar-refractivity contribution in [1.82, 2.24) is 16.0 Å². The van der Waals surface area contributed by atoms with Gasteiger partial charge >= 0.3 is 0 Å². The molecule has 4 aliphatic rings. The lowest BCUT2D eigenvalue weighted by Gasteiger charge is -2.41. The van der Waals surface area contributed by atoms with Crippen molar-refractivity contribution in [3.8, 4) is 0 Å². The molecule has 24 heteroatoms. The topological polar surface area (TPSA) is 341 Å². The van der Waals surface area contributed by atoms with E-state index in [9.17, 15) is 55.2 Å². The fourth-order valence-corrected chi connectivity index (χ4v) is 9.02. The van der Waals surface area contributed by atoms with Crippen LogP contribution in [0.2, 0.25) is 0 Å². The molecule has 0 radical (unpaired) electrons. The number of hydrogen-bond acceptors (Lipinski definition) is 21. The second kappa shape index (κ2) is 34.4. The smallest absolute Gasteiger partial charge is 0.222 e. The number of unbranched alkanes of at least 4 members (excludes halogenated alkanes) is 6. The number of aliphatic hydroxyl groups excluding tert-OH is 8. The first-order valence-corrected chi connectivity index (χ1v) is 25.9. The second-order valence-corrected chi connectivity index (χ2v) is 19.5. The van der Waals surface area contributed by atoms with E-state index in [1.165, 1.54) is 6.92 Å². The normalized spacial score (nSPS) is 31.9. The number of amides is 3. The van der Waals surface area contributed by atoms with Crippen LogP contribution in [0.5, 0.6) is 0 Å². The summed E-state index contributed by atoms with van der Waals surface area (Å²) >= 11 is 0. The second-order valence-electron chi connectivity index (χ2n) is 19.5. The number of hydrogen-bond donors (Lipinski definition) is 11. The standard InChI is InChI=1S/C48H87N3O21/c1-31(56)51-48(2,29-63-17-11-40(61)49-13-7-3-5-9-15-65-42-23-36(59)46(38(27-54)69-42)71-44-21-32(57)19-34(25-52)67-44)30-64-18-12-41(62)50-14-8-4-6-10-16-66-43-24-37(60)47(39(28-55)70-43)72-45-22-33(58)20-35(26-53)68-45/h32-39,42-47,52-55,57-60H,3-30H2,1-2H3,(H,49,61)(H,50,62)(H,51,56)/t32?,33?,34?,35?,36?,37?,38?,39?,42?,43?,44-,45-,46+,47+,48?/m1/s1. The summed E-state index contributed by atoms with van der Waals surface area (Å²) in [5.74, 6) is -0.604. The number of carbonyl (C=O) groups excluding carboxylic acids is 3. The molecule has 24 nitrogen and oxygen atoms in total. The molecule has 0 aromatic heterocycles. The highest BCUT2D eigenvalue weighted by Gasteiger charge is 2.43. The van der Waals surface area contributed by atoms with E-state index in [4.69, 9.17) is 47.4 Å². The molecule has 14 atom stereocenters. The van der Waals surface area contributed by atoms with Crippen molar-refractivity contribution in [2.75, 3.05) is 79.2 Å². The van der Waals surface area contributed by atoms with Crippen molar-refractivity contribution in [2.24, 2.45) is 0 Å². The Kier molecular flexibility index (Phi) is 29.7. The van der Waals surface area contributed by atoms with Crippen molar-refractivity contribution < 1.29 is 103 Å². The maximum absolute atomic E-state index is 12.4. The number of rotatable bonds is 35. The monoisotopic (exact) mass is 1040 g/mol. The minimum absolute atomic E-state index is 0.0925. The fraction of sp³-hybridized carbons (Fsp3) is 0.938. The van der Waals surface area contributed by atoms with Crippen LogP contribution in [0.4, 0.5) is 0 Å². The van der Waals surface area contributed by atoms with Gasteiger partial charge in [0.15, 0.2) is 25.2 Å². The van der Waals surface area contributed by atoms with Crippen LogP contribution in [-0.2, 0) is 61.8 Å². The first-order chi connectivity index (χ1) is 34.6. The zero-order valence-corrected chi connectivity index (χ0v) is 42.3. The molecule has 4 saturated heterocycles. The van der Waals surface area contributed by atoms with Crippen LogP contribution in [0, 0.1) is 0 Å². The van der Waals surface area contributed by atoms with Crippen LogP contribution in [0.15, 0.2) is 0 Å². The Hall–Kier alpha value is -2.31. The SMILES string of the molecule is CC(=O)NC(C)(COCCC(=O)NCCCCCCOC1CC(O)[C@H](O[C@@H]2CC(O)CC(CO)O2)C(CO)O1)COCCC(=O)NCCCCCCOC1CC(O)[C@H](O[C@@H]2CC(O)CC(CO)O2)C(CO)O1. The highest BCUT2D eigenvalue weighted by Crippen LogP contribution is 2.30. The van der Waals surface area contributed by atoms with E-state index < -0.39 is 105 Å². The van der Waals surface area contributed by atoms with E-state index in [-0.39, 0.29) is 109 Å². The van der Waals surface area contributed by atoms with Gasteiger partial charge in [-0.2, -0.15) is 0 Å². The quantitative estimate of drug-likeness (QED) is 0.0322. The van der Waals surface area contributed by atoms with E-state index in [0.29, 0.717) is 26.3 Å². The van der Waals surface area contributed by atoms with Crippen molar-refractivity contribution in [1.29, 1.82) is 0 Å². The molecular formula is C48H87N3O21. The summed E-state index contributed by atoms with van der Waals surface area (Å²) in [6.07, 6.45) is -3.45. The lowest BCUT2D eigenvalue weighted by Crippen LogP contribution is -2.54. The third-order valence-corrected chi connectivity index (χ3v) is 12.7. The third-order valence-electron chi connectivity index (χ3n) is 12.7. The van der Waals surface area contributed by atoms with Gasteiger partial charge in [-0.1, -0.05) is 25.7 Å². The summed E-state index contributed by atoms with van der Waals surface area (Å²) in [7, 11) is 0. The predicted octanol–water partition coefficient (Wildman–Crippen LogP) is -1.50. The van der Waals surface area contributed by atoms with Gasteiger partial charge in [-0.3, -0.25) is 14.4 Å². The molecule has 72 heavy (non-hydrogen) atoms. The molecule has 4 fully saturated rings. The van der Waals surface area contributed by atoms with E-state index in [1.807, 2.05) is 0 Å². The van der Waals surface area contributed by atoms with E-state index >= 15 is 0 Å². The van der Waals surface area contributed by atoms with Gasteiger partial charge in [-0.25, -0.2) is 0 Å². The summed E-state index contributed by atoms with van der Waals surface area (Å²) in [6.45, 7) is 3.98. The van der Waals surface area contributed by atoms with Crippen LogP contribution >= 0.6 is 0 Å². The van der Waals surface area contributed by atoms with Gasteiger partial charge in [0.2, 0.25) is 17.7 Å². The maximum Gasteiger partial charge on any atom is 0.222 e. The molecule has 3 amide bonds. The van der Waals surface area contributed by atoms with Gasteiger partial charge in [-0.05, 0) is 32.6 Å². The zero-order valence-electron chi connectivity index (χ0n) is 42.3. The van der Waals surface area contributed by atoms with Crippen molar-refractivity contribution in [2.45, 2.75) is 208 Å². The highest BCUT2D eigenvalue weighted by atomic mass is 16.7. The molecule has 0 saturated carbocycles. The van der Waals surface area contributed by atoms with Gasteiger partial charge in [-0.15, -0.1) is 0 Å². The molecule has 0 aromatic carbocycles. The van der Waals surface area contributed by atoms with Crippen LogP contribution in [0.1, 0.15) is 117 Å². The first-order valence-electron chi connectivity index (χ1n) is 25.9. The molecule has 420 valence electrons. The lowest BCUT2D eigenvalue weighted by molar-refractivity contribution is -0.310. The molecule has 0 spiro atoms. The summed E-state index contributed by atoms with van der Waals surface area (Å²) in [4.78, 5) is 36.8. The summed E-state index contributed by atoms with van der Waals surface area (Å²) in [6, 6.07) is 0. The number of nitrogens with one attached hydrogen (secondary N) is 3. The minimum atomic E-state index is -0.997. The fourth-order valence-electron chi connectivity index (χ4n) is 9.02. The van der Waals surface area contributed by atoms with Gasteiger partial charge < -0.3 is 104 Å². The molecule has 0 bridgehead atoms. The lowest BCUT2D eigenvalue weighted by atomic mass is 10.0. The van der Waals surface area contributed by atoms with Gasteiger partial charge in [0.1, 0.15) is 24.4 Å². The van der Waals surface area contributed by atoms with Crippen LogP contribution in [0.25, 0.3) is 0 Å². The van der Waals surface area contributed by atoms with Crippen LogP contribution < -0.4 is 16.0 Å². The van der Waals surface area contributed by atoms with Crippen molar-refractivity contribution >= 4 is 17.7 Å². The number of carbonyl (C=O) groups is 3. The molecule has 0 aromatic rings. The average Bonchev–Trinajstić information content (AvgIpc) is 3.34. The number of ether oxygens (including phenoxy) is 10. The minimum Gasteiger partial charge on any atom is -0.394 e. The van der Waals surface area contributed by atoms with E-state index in [2.05, 4.69) is 16.0 Å². The molecule has 11 N–H and O–H groups in total. The van der Waals surface area contributed by atoms with Gasteiger partial charge in [0.25, 0.3) is 0 Å². The first kappa shape index (κ1) is 62.2. The Bertz CT molecular complexity index is 1410. The highest BCUT2D eigenvalue weighted by molar-refractivity contribution is 5.76. The van der Waals surface area contributed by atoms with Crippen molar-refractivity contribution in [3.05, 3.63) is 0 Å². The third kappa shape index (κ3) is 23.7. The molecule has 4 rings (SSSR count). The largest absolute Gasteiger partial charge is 0.394 e.